The summed E-state index contributed by atoms with van der Waals surface area (Å²) in [5.41, 5.74) is 0.778. The zero-order chi connectivity index (χ0) is 16.2. The highest BCUT2D eigenvalue weighted by Crippen LogP contribution is 2.37. The minimum atomic E-state index is -0.491. The van der Waals surface area contributed by atoms with Crippen molar-refractivity contribution >= 4 is 33.5 Å². The van der Waals surface area contributed by atoms with Crippen LogP contribution < -0.4 is 14.2 Å². The van der Waals surface area contributed by atoms with E-state index in [4.69, 9.17) is 30.5 Å². The molecule has 2 aromatic carbocycles. The van der Waals surface area contributed by atoms with Crippen LogP contribution >= 0.6 is 27.5 Å². The van der Waals surface area contributed by atoms with Gasteiger partial charge in [0.25, 0.3) is 0 Å². The van der Waals surface area contributed by atoms with E-state index >= 15 is 0 Å². The number of ether oxygens (including phenoxy) is 4. The van der Waals surface area contributed by atoms with Crippen LogP contribution in [0.5, 0.6) is 17.2 Å². The summed E-state index contributed by atoms with van der Waals surface area (Å²) in [7, 11) is 0. The number of halogens is 2. The quantitative estimate of drug-likeness (QED) is 0.713. The van der Waals surface area contributed by atoms with Crippen LogP contribution in [0, 0.1) is 0 Å². The molecule has 0 radical (unpaired) electrons. The predicted molar refractivity (Wildman–Crippen MR) is 87.0 cm³/mol. The van der Waals surface area contributed by atoms with Crippen LogP contribution in [0.15, 0.2) is 40.9 Å². The molecule has 0 N–H and O–H groups in total. The second kappa shape index (κ2) is 7.10. The Balaban J connectivity index is 1.54. The van der Waals surface area contributed by atoms with Crippen molar-refractivity contribution in [2.75, 3.05) is 13.4 Å². The van der Waals surface area contributed by atoms with Crippen molar-refractivity contribution in [3.8, 4) is 17.2 Å². The summed E-state index contributed by atoms with van der Waals surface area (Å²) >= 11 is 9.36. The first-order valence-electron chi connectivity index (χ1n) is 6.74. The molecule has 0 saturated heterocycles. The Bertz CT molecular complexity index is 734. The van der Waals surface area contributed by atoms with Gasteiger partial charge in [-0.05, 0) is 24.3 Å². The highest BCUT2D eigenvalue weighted by molar-refractivity contribution is 9.10. The summed E-state index contributed by atoms with van der Waals surface area (Å²) in [6, 6.07) is 10.5. The Morgan fingerprint density at radius 1 is 1.22 bits per heavy atom. The molecular formula is C16H12BrClO5. The summed E-state index contributed by atoms with van der Waals surface area (Å²) in [5, 5.41) is 0.443. The molecule has 0 spiro atoms. The third-order valence-electron chi connectivity index (χ3n) is 3.11. The fourth-order valence-corrected chi connectivity index (χ4v) is 2.60. The van der Waals surface area contributed by atoms with E-state index in [0.717, 1.165) is 10.0 Å². The van der Waals surface area contributed by atoms with Crippen molar-refractivity contribution in [1.29, 1.82) is 0 Å². The van der Waals surface area contributed by atoms with Gasteiger partial charge >= 0.3 is 5.97 Å². The lowest BCUT2D eigenvalue weighted by Crippen LogP contribution is -2.15. The fourth-order valence-electron chi connectivity index (χ4n) is 1.97. The average molecular weight is 400 g/mol. The molecule has 0 atom stereocenters. The van der Waals surface area contributed by atoms with Gasteiger partial charge in [0.1, 0.15) is 12.4 Å². The molecule has 3 rings (SSSR count). The molecule has 23 heavy (non-hydrogen) atoms. The van der Waals surface area contributed by atoms with Gasteiger partial charge in [0.2, 0.25) is 6.79 Å². The number of hydrogen-bond donors (Lipinski definition) is 0. The van der Waals surface area contributed by atoms with Gasteiger partial charge in [-0.3, -0.25) is 0 Å². The summed E-state index contributed by atoms with van der Waals surface area (Å²) < 4.78 is 21.9. The normalized spacial score (nSPS) is 12.1. The van der Waals surface area contributed by atoms with E-state index in [1.807, 2.05) is 0 Å². The van der Waals surface area contributed by atoms with Gasteiger partial charge in [-0.1, -0.05) is 39.7 Å². The summed E-state index contributed by atoms with van der Waals surface area (Å²) in [4.78, 5) is 11.8. The molecule has 0 aliphatic carbocycles. The second-order valence-electron chi connectivity index (χ2n) is 4.68. The maximum atomic E-state index is 11.8. The monoisotopic (exact) mass is 398 g/mol. The van der Waals surface area contributed by atoms with E-state index < -0.39 is 5.97 Å². The molecule has 1 heterocycles. The molecule has 0 aromatic heterocycles. The highest BCUT2D eigenvalue weighted by atomic mass is 79.9. The zero-order valence-corrected chi connectivity index (χ0v) is 14.2. The minimum Gasteiger partial charge on any atom is -0.480 e. The molecule has 1 aliphatic heterocycles. The number of para-hydroxylation sites is 1. The van der Waals surface area contributed by atoms with Gasteiger partial charge in [-0.2, -0.15) is 0 Å². The molecular weight excluding hydrogens is 388 g/mol. The van der Waals surface area contributed by atoms with E-state index in [1.54, 1.807) is 36.4 Å². The van der Waals surface area contributed by atoms with Crippen LogP contribution in [0.25, 0.3) is 0 Å². The van der Waals surface area contributed by atoms with Crippen molar-refractivity contribution < 1.29 is 23.7 Å². The first-order valence-corrected chi connectivity index (χ1v) is 7.91. The average Bonchev–Trinajstić information content (AvgIpc) is 2.99. The lowest BCUT2D eigenvalue weighted by molar-refractivity contribution is -0.147. The number of esters is 1. The zero-order valence-electron chi connectivity index (χ0n) is 11.9. The maximum Gasteiger partial charge on any atom is 0.344 e. The molecule has 7 heteroatoms. The van der Waals surface area contributed by atoms with Crippen LogP contribution in [0.4, 0.5) is 0 Å². The Morgan fingerprint density at radius 2 is 1.96 bits per heavy atom. The molecule has 0 unspecified atom stereocenters. The fraction of sp³-hybridized carbons (Fsp3) is 0.188. The van der Waals surface area contributed by atoms with Crippen molar-refractivity contribution in [2.24, 2.45) is 0 Å². The molecule has 0 amide bonds. The van der Waals surface area contributed by atoms with Crippen LogP contribution in [-0.2, 0) is 16.1 Å². The van der Waals surface area contributed by atoms with E-state index in [9.17, 15) is 4.79 Å². The molecule has 120 valence electrons. The number of rotatable bonds is 5. The maximum absolute atomic E-state index is 11.8. The Morgan fingerprint density at radius 3 is 2.74 bits per heavy atom. The van der Waals surface area contributed by atoms with Gasteiger partial charge in [-0.15, -0.1) is 0 Å². The third kappa shape index (κ3) is 3.89. The molecule has 0 fully saturated rings. The van der Waals surface area contributed by atoms with Crippen LogP contribution in [0.3, 0.4) is 0 Å². The van der Waals surface area contributed by atoms with E-state index in [0.29, 0.717) is 22.3 Å². The van der Waals surface area contributed by atoms with Gasteiger partial charge in [-0.25, -0.2) is 4.79 Å². The van der Waals surface area contributed by atoms with Crippen molar-refractivity contribution in [3.63, 3.8) is 0 Å². The van der Waals surface area contributed by atoms with Crippen molar-refractivity contribution in [2.45, 2.75) is 6.61 Å². The third-order valence-corrected chi connectivity index (χ3v) is 4.16. The molecule has 1 aliphatic rings. The van der Waals surface area contributed by atoms with Gasteiger partial charge in [0, 0.05) is 10.0 Å². The standard InChI is InChI=1S/C16H12BrClO5/c17-11-6-15-14(22-9-23-15)5-10(11)7-21-16(19)8-20-13-4-2-1-3-12(13)18/h1-6H,7-9H2. The Labute approximate surface area is 146 Å². The van der Waals surface area contributed by atoms with Crippen molar-refractivity contribution in [1.82, 2.24) is 0 Å². The van der Waals surface area contributed by atoms with Crippen molar-refractivity contribution in [3.05, 3.63) is 51.5 Å². The largest absolute Gasteiger partial charge is 0.480 e. The number of hydrogen-bond acceptors (Lipinski definition) is 5. The lowest BCUT2D eigenvalue weighted by atomic mass is 10.2. The molecule has 5 nitrogen and oxygen atoms in total. The first-order chi connectivity index (χ1) is 11.1. The van der Waals surface area contributed by atoms with Crippen LogP contribution in [-0.4, -0.2) is 19.4 Å². The van der Waals surface area contributed by atoms with Crippen LogP contribution in [0.1, 0.15) is 5.56 Å². The van der Waals surface area contributed by atoms with Crippen LogP contribution in [0.2, 0.25) is 5.02 Å². The predicted octanol–water partition coefficient (Wildman–Crippen LogP) is 3.95. The Hall–Kier alpha value is -1.92. The van der Waals surface area contributed by atoms with E-state index in [1.165, 1.54) is 0 Å². The highest BCUT2D eigenvalue weighted by Gasteiger charge is 2.17. The SMILES string of the molecule is O=C(COc1ccccc1Cl)OCc1cc2c(cc1Br)OCO2. The molecule has 2 aromatic rings. The summed E-state index contributed by atoms with van der Waals surface area (Å²) in [6.07, 6.45) is 0. The van der Waals surface area contributed by atoms with Gasteiger partial charge in [0.15, 0.2) is 18.1 Å². The number of fused-ring (bicyclic) bond motifs is 1. The van der Waals surface area contributed by atoms with E-state index in [2.05, 4.69) is 15.9 Å². The first kappa shape index (κ1) is 16.0. The molecule has 0 bridgehead atoms. The lowest BCUT2D eigenvalue weighted by Gasteiger charge is -2.09. The minimum absolute atomic E-state index is 0.0991. The topological polar surface area (TPSA) is 54.0 Å². The number of carbonyl (C=O) groups is 1. The smallest absolute Gasteiger partial charge is 0.344 e. The number of carbonyl (C=O) groups excluding carboxylic acids is 1. The summed E-state index contributed by atoms with van der Waals surface area (Å²) in [6.45, 7) is 0.0739. The Kier molecular flexibility index (Phi) is 4.93. The van der Waals surface area contributed by atoms with Gasteiger partial charge < -0.3 is 18.9 Å². The second-order valence-corrected chi connectivity index (χ2v) is 5.94. The number of benzene rings is 2. The molecule has 0 saturated carbocycles. The van der Waals surface area contributed by atoms with Gasteiger partial charge in [0.05, 0.1) is 5.02 Å². The van der Waals surface area contributed by atoms with E-state index in [-0.39, 0.29) is 20.0 Å². The summed E-state index contributed by atoms with van der Waals surface area (Å²) in [5.74, 6) is 1.24.